The lowest BCUT2D eigenvalue weighted by atomic mass is 10.1. The van der Waals surface area contributed by atoms with Gasteiger partial charge in [0, 0.05) is 35.3 Å². The highest BCUT2D eigenvalue weighted by Crippen LogP contribution is 2.32. The van der Waals surface area contributed by atoms with Gasteiger partial charge in [-0.3, -0.25) is 0 Å². The van der Waals surface area contributed by atoms with Crippen LogP contribution in [-0.2, 0) is 6.61 Å². The summed E-state index contributed by atoms with van der Waals surface area (Å²) in [5.41, 5.74) is 0.928. The van der Waals surface area contributed by atoms with Crippen LogP contribution in [-0.4, -0.2) is 33.7 Å². The number of aliphatic hydroxyl groups is 1. The maximum atomic E-state index is 9.35. The largest absolute Gasteiger partial charge is 0.392 e. The second kappa shape index (κ2) is 5.27. The van der Waals surface area contributed by atoms with Gasteiger partial charge in [-0.15, -0.1) is 0 Å². The van der Waals surface area contributed by atoms with E-state index in [1.54, 1.807) is 6.20 Å². The van der Waals surface area contributed by atoms with Gasteiger partial charge in [0.25, 0.3) is 0 Å². The van der Waals surface area contributed by atoms with Crippen LogP contribution in [0, 0.1) is 0 Å². The molecular formula is C13H20N2OS. The van der Waals surface area contributed by atoms with Gasteiger partial charge >= 0.3 is 0 Å². The molecule has 94 valence electrons. The number of nitrogens with zero attached hydrogens (tertiary/aromatic N) is 2. The minimum absolute atomic E-state index is 0.0657. The minimum atomic E-state index is 0.0657. The van der Waals surface area contributed by atoms with Crippen molar-refractivity contribution in [2.24, 2.45) is 0 Å². The third-order valence-corrected chi connectivity index (χ3v) is 4.55. The summed E-state index contributed by atoms with van der Waals surface area (Å²) in [5.74, 6) is 2.07. The number of hydrogen-bond donors (Lipinski definition) is 1. The summed E-state index contributed by atoms with van der Waals surface area (Å²) in [6.07, 6.45) is 2.96. The van der Waals surface area contributed by atoms with Crippen molar-refractivity contribution in [1.82, 2.24) is 4.98 Å². The maximum Gasteiger partial charge on any atom is 0.134 e. The molecule has 1 aliphatic rings. The molecule has 0 bridgehead atoms. The van der Waals surface area contributed by atoms with Crippen molar-refractivity contribution < 1.29 is 5.11 Å². The Kier molecular flexibility index (Phi) is 3.94. The van der Waals surface area contributed by atoms with E-state index in [9.17, 15) is 5.11 Å². The fourth-order valence-corrected chi connectivity index (χ4v) is 3.17. The molecule has 0 amide bonds. The molecule has 0 saturated carbocycles. The molecule has 1 N–H and O–H groups in total. The predicted octanol–water partition coefficient (Wildman–Crippen LogP) is 2.30. The highest BCUT2D eigenvalue weighted by Gasteiger charge is 2.24. The van der Waals surface area contributed by atoms with Crippen molar-refractivity contribution in [3.05, 3.63) is 23.9 Å². The zero-order valence-corrected chi connectivity index (χ0v) is 11.3. The van der Waals surface area contributed by atoms with Crippen LogP contribution in [0.25, 0.3) is 0 Å². The fraction of sp³-hybridized carbons (Fsp3) is 0.615. The second-order valence-electron chi connectivity index (χ2n) is 4.99. The van der Waals surface area contributed by atoms with Gasteiger partial charge in [-0.25, -0.2) is 4.98 Å². The van der Waals surface area contributed by atoms with Crippen molar-refractivity contribution in [2.45, 2.75) is 31.6 Å². The molecule has 1 aromatic rings. The molecule has 1 aromatic heterocycles. The van der Waals surface area contributed by atoms with Crippen LogP contribution in [0.5, 0.6) is 0 Å². The van der Waals surface area contributed by atoms with Crippen molar-refractivity contribution >= 4 is 17.6 Å². The summed E-state index contributed by atoms with van der Waals surface area (Å²) in [5, 5.41) is 9.35. The minimum Gasteiger partial charge on any atom is -0.392 e. The first-order valence-corrected chi connectivity index (χ1v) is 7.04. The third kappa shape index (κ3) is 3.13. The molecule has 4 heteroatoms. The van der Waals surface area contributed by atoms with Gasteiger partial charge in [0.1, 0.15) is 5.82 Å². The molecule has 0 unspecified atom stereocenters. The smallest absolute Gasteiger partial charge is 0.134 e. The number of rotatable bonds is 2. The number of pyridine rings is 1. The first-order chi connectivity index (χ1) is 8.12. The number of aromatic nitrogens is 1. The quantitative estimate of drug-likeness (QED) is 0.876. The zero-order valence-electron chi connectivity index (χ0n) is 10.5. The summed E-state index contributed by atoms with van der Waals surface area (Å²) in [7, 11) is 0. The highest BCUT2D eigenvalue weighted by molar-refractivity contribution is 8.00. The molecule has 0 atom stereocenters. The van der Waals surface area contributed by atoms with E-state index < -0.39 is 0 Å². The SMILES string of the molecule is CC1(C)CCN(c2ncccc2CO)CCS1. The Hall–Kier alpha value is -0.740. The van der Waals surface area contributed by atoms with Crippen LogP contribution in [0.3, 0.4) is 0 Å². The van der Waals surface area contributed by atoms with Gasteiger partial charge in [0.15, 0.2) is 0 Å². The molecule has 1 fully saturated rings. The average molecular weight is 252 g/mol. The van der Waals surface area contributed by atoms with Crippen LogP contribution < -0.4 is 4.90 Å². The average Bonchev–Trinajstić information content (AvgIpc) is 2.50. The van der Waals surface area contributed by atoms with E-state index in [4.69, 9.17) is 0 Å². The summed E-state index contributed by atoms with van der Waals surface area (Å²) in [6, 6.07) is 3.83. The Morgan fingerprint density at radius 2 is 2.29 bits per heavy atom. The van der Waals surface area contributed by atoms with Crippen molar-refractivity contribution in [3.8, 4) is 0 Å². The predicted molar refractivity (Wildman–Crippen MR) is 73.5 cm³/mol. The van der Waals surface area contributed by atoms with Crippen molar-refractivity contribution in [2.75, 3.05) is 23.7 Å². The molecule has 2 rings (SSSR count). The number of anilines is 1. The first kappa shape index (κ1) is 12.7. The van der Waals surface area contributed by atoms with E-state index in [2.05, 4.69) is 23.7 Å². The number of aliphatic hydroxyl groups excluding tert-OH is 1. The topological polar surface area (TPSA) is 36.4 Å². The van der Waals surface area contributed by atoms with E-state index in [1.165, 1.54) is 0 Å². The molecule has 2 heterocycles. The van der Waals surface area contributed by atoms with Crippen LogP contribution in [0.15, 0.2) is 18.3 Å². The Morgan fingerprint density at radius 1 is 1.47 bits per heavy atom. The van der Waals surface area contributed by atoms with Gasteiger partial charge < -0.3 is 10.0 Å². The lowest BCUT2D eigenvalue weighted by Gasteiger charge is -2.24. The van der Waals surface area contributed by atoms with Gasteiger partial charge in [0.2, 0.25) is 0 Å². The molecule has 17 heavy (non-hydrogen) atoms. The maximum absolute atomic E-state index is 9.35. The Balaban J connectivity index is 2.17. The van der Waals surface area contributed by atoms with Gasteiger partial charge in [-0.1, -0.05) is 19.9 Å². The van der Waals surface area contributed by atoms with E-state index in [1.807, 2.05) is 23.9 Å². The molecule has 0 aliphatic carbocycles. The molecule has 0 radical (unpaired) electrons. The van der Waals surface area contributed by atoms with Crippen LogP contribution in [0.4, 0.5) is 5.82 Å². The molecule has 3 nitrogen and oxygen atoms in total. The molecule has 1 aliphatic heterocycles. The van der Waals surface area contributed by atoms with E-state index >= 15 is 0 Å². The Morgan fingerprint density at radius 3 is 3.06 bits per heavy atom. The lowest BCUT2D eigenvalue weighted by Crippen LogP contribution is -2.28. The van der Waals surface area contributed by atoms with E-state index in [0.717, 1.165) is 36.6 Å². The number of thioether (sulfide) groups is 1. The van der Waals surface area contributed by atoms with Crippen molar-refractivity contribution in [1.29, 1.82) is 0 Å². The van der Waals surface area contributed by atoms with Gasteiger partial charge in [-0.2, -0.15) is 11.8 Å². The summed E-state index contributed by atoms with van der Waals surface area (Å²) < 4.78 is 0.350. The Labute approximate surface area is 107 Å². The molecular weight excluding hydrogens is 232 g/mol. The van der Waals surface area contributed by atoms with Crippen LogP contribution in [0.1, 0.15) is 25.8 Å². The van der Waals surface area contributed by atoms with Crippen LogP contribution >= 0.6 is 11.8 Å². The van der Waals surface area contributed by atoms with Crippen molar-refractivity contribution in [3.63, 3.8) is 0 Å². The van der Waals surface area contributed by atoms with Gasteiger partial charge in [0.05, 0.1) is 6.61 Å². The second-order valence-corrected chi connectivity index (χ2v) is 6.79. The third-order valence-electron chi connectivity index (χ3n) is 3.18. The van der Waals surface area contributed by atoms with E-state index in [0.29, 0.717) is 4.75 Å². The zero-order chi connectivity index (χ0) is 12.3. The molecule has 1 saturated heterocycles. The summed E-state index contributed by atoms with van der Waals surface area (Å²) in [6.45, 7) is 6.69. The standard InChI is InChI=1S/C13H20N2OS/c1-13(2)5-7-15(8-9-17-13)12-11(10-16)4-3-6-14-12/h3-4,6,16H,5,7-10H2,1-2H3. The first-order valence-electron chi connectivity index (χ1n) is 6.06. The van der Waals surface area contributed by atoms with Gasteiger partial charge in [-0.05, 0) is 12.5 Å². The Bertz CT molecular complexity index is 381. The number of hydrogen-bond acceptors (Lipinski definition) is 4. The lowest BCUT2D eigenvalue weighted by molar-refractivity contribution is 0.281. The molecule has 0 spiro atoms. The van der Waals surface area contributed by atoms with Crippen LogP contribution in [0.2, 0.25) is 0 Å². The fourth-order valence-electron chi connectivity index (χ4n) is 2.07. The molecule has 0 aromatic carbocycles. The summed E-state index contributed by atoms with van der Waals surface area (Å²) in [4.78, 5) is 6.72. The highest BCUT2D eigenvalue weighted by atomic mass is 32.2. The summed E-state index contributed by atoms with van der Waals surface area (Å²) >= 11 is 2.02. The normalized spacial score (nSPS) is 20.1. The monoisotopic (exact) mass is 252 g/mol. The van der Waals surface area contributed by atoms with E-state index in [-0.39, 0.29) is 6.61 Å².